The van der Waals surface area contributed by atoms with E-state index in [-0.39, 0.29) is 17.4 Å². The van der Waals surface area contributed by atoms with Gasteiger partial charge in [-0.1, -0.05) is 6.07 Å². The van der Waals surface area contributed by atoms with E-state index in [4.69, 9.17) is 0 Å². The number of rotatable bonds is 4. The Morgan fingerprint density at radius 2 is 2.04 bits per heavy atom. The lowest BCUT2D eigenvalue weighted by Crippen LogP contribution is -2.40. The number of likely N-dealkylation sites (tertiary alicyclic amines) is 1. The van der Waals surface area contributed by atoms with Crippen molar-refractivity contribution in [3.63, 3.8) is 0 Å². The Morgan fingerprint density at radius 3 is 2.68 bits per heavy atom. The maximum atomic E-state index is 13.8. The molecule has 4 nitrogen and oxygen atoms in total. The highest BCUT2D eigenvalue weighted by Gasteiger charge is 2.26. The fraction of sp³-hybridized carbons (Fsp3) is 0.474. The molecular formula is C19H23F2N3O. The topological polar surface area (TPSA) is 38.1 Å². The molecule has 0 saturated carbocycles. The predicted octanol–water partition coefficient (Wildman–Crippen LogP) is 3.49. The third-order valence-corrected chi connectivity index (χ3v) is 4.89. The first-order valence-electron chi connectivity index (χ1n) is 8.68. The summed E-state index contributed by atoms with van der Waals surface area (Å²) in [6, 6.07) is 5.76. The summed E-state index contributed by atoms with van der Waals surface area (Å²) >= 11 is 0. The van der Waals surface area contributed by atoms with Gasteiger partial charge < -0.3 is 4.90 Å². The van der Waals surface area contributed by atoms with Gasteiger partial charge >= 0.3 is 0 Å². The monoisotopic (exact) mass is 347 g/mol. The molecule has 1 aliphatic heterocycles. The molecule has 1 atom stereocenters. The third-order valence-electron chi connectivity index (χ3n) is 4.89. The van der Waals surface area contributed by atoms with Crippen LogP contribution in [0.4, 0.5) is 8.78 Å². The maximum Gasteiger partial charge on any atom is 0.272 e. The minimum absolute atomic E-state index is 0.0233. The lowest BCUT2D eigenvalue weighted by molar-refractivity contribution is 0.0657. The van der Waals surface area contributed by atoms with E-state index < -0.39 is 11.6 Å². The minimum atomic E-state index is -0.492. The zero-order valence-corrected chi connectivity index (χ0v) is 14.6. The van der Waals surface area contributed by atoms with Gasteiger partial charge in [0.25, 0.3) is 5.91 Å². The Labute approximate surface area is 146 Å². The van der Waals surface area contributed by atoms with Gasteiger partial charge in [0.2, 0.25) is 0 Å². The number of carbonyl (C=O) groups excluding carboxylic acids is 1. The third kappa shape index (κ3) is 3.89. The molecule has 134 valence electrons. The molecule has 3 rings (SSSR count). The van der Waals surface area contributed by atoms with E-state index in [9.17, 15) is 13.6 Å². The van der Waals surface area contributed by atoms with Crippen LogP contribution in [0.1, 0.15) is 41.0 Å². The summed E-state index contributed by atoms with van der Waals surface area (Å²) in [6.45, 7) is 3.20. The van der Waals surface area contributed by atoms with Crippen molar-refractivity contribution in [1.29, 1.82) is 0 Å². The van der Waals surface area contributed by atoms with Crippen LogP contribution in [0, 0.1) is 24.5 Å². The van der Waals surface area contributed by atoms with E-state index >= 15 is 0 Å². The summed E-state index contributed by atoms with van der Waals surface area (Å²) in [5.41, 5.74) is 1.54. The summed E-state index contributed by atoms with van der Waals surface area (Å²) in [4.78, 5) is 14.5. The van der Waals surface area contributed by atoms with Gasteiger partial charge in [0, 0.05) is 25.7 Å². The molecule has 0 N–H and O–H groups in total. The zero-order chi connectivity index (χ0) is 18.0. The Kier molecular flexibility index (Phi) is 5.16. The molecule has 1 fully saturated rings. The maximum absolute atomic E-state index is 13.8. The van der Waals surface area contributed by atoms with Crippen molar-refractivity contribution in [3.05, 3.63) is 52.9 Å². The van der Waals surface area contributed by atoms with E-state index in [1.165, 1.54) is 18.2 Å². The van der Waals surface area contributed by atoms with Gasteiger partial charge in [-0.2, -0.15) is 5.10 Å². The summed E-state index contributed by atoms with van der Waals surface area (Å²) in [5, 5.41) is 4.23. The quantitative estimate of drug-likeness (QED) is 0.849. The van der Waals surface area contributed by atoms with Crippen LogP contribution in [0.2, 0.25) is 0 Å². The molecule has 6 heteroatoms. The van der Waals surface area contributed by atoms with Crippen molar-refractivity contribution in [2.45, 2.75) is 32.6 Å². The van der Waals surface area contributed by atoms with Crippen LogP contribution in [-0.2, 0) is 13.5 Å². The molecule has 1 aliphatic rings. The molecule has 1 aromatic heterocycles. The van der Waals surface area contributed by atoms with Crippen molar-refractivity contribution in [3.8, 4) is 0 Å². The molecule has 2 heterocycles. The van der Waals surface area contributed by atoms with Crippen molar-refractivity contribution >= 4 is 5.91 Å². The number of aromatic nitrogens is 2. The predicted molar refractivity (Wildman–Crippen MR) is 91.3 cm³/mol. The van der Waals surface area contributed by atoms with E-state index in [0.717, 1.165) is 18.5 Å². The van der Waals surface area contributed by atoms with Gasteiger partial charge in [0.1, 0.15) is 17.3 Å². The average molecular weight is 347 g/mol. The summed E-state index contributed by atoms with van der Waals surface area (Å²) < 4.78 is 29.1. The largest absolute Gasteiger partial charge is 0.337 e. The van der Waals surface area contributed by atoms with E-state index in [2.05, 4.69) is 5.10 Å². The number of amides is 1. The number of carbonyl (C=O) groups is 1. The number of halogens is 2. The van der Waals surface area contributed by atoms with Gasteiger partial charge in [-0.05, 0) is 56.7 Å². The van der Waals surface area contributed by atoms with Crippen LogP contribution >= 0.6 is 0 Å². The van der Waals surface area contributed by atoms with Gasteiger partial charge in [-0.25, -0.2) is 8.78 Å². The Hall–Kier alpha value is -2.24. The molecule has 1 amide bonds. The number of benzene rings is 1. The zero-order valence-electron chi connectivity index (χ0n) is 14.6. The second-order valence-electron chi connectivity index (χ2n) is 6.79. The number of hydrogen-bond donors (Lipinski definition) is 0. The van der Waals surface area contributed by atoms with Gasteiger partial charge in [0.15, 0.2) is 0 Å². The number of aryl methyl sites for hydroxylation is 2. The number of nitrogens with zero attached hydrogens (tertiary/aromatic N) is 3. The highest BCUT2D eigenvalue weighted by Crippen LogP contribution is 2.24. The van der Waals surface area contributed by atoms with Gasteiger partial charge in [0.05, 0.1) is 5.69 Å². The Balaban J connectivity index is 1.63. The first kappa shape index (κ1) is 17.6. The molecule has 0 unspecified atom stereocenters. The molecule has 1 aromatic carbocycles. The average Bonchev–Trinajstić information content (AvgIpc) is 2.92. The molecule has 0 bridgehead atoms. The SMILES string of the molecule is Cc1cc(C(=O)N2CCC[C@@H](CCc3c(F)cccc3F)C2)n(C)n1. The van der Waals surface area contributed by atoms with Crippen molar-refractivity contribution in [2.24, 2.45) is 13.0 Å². The van der Waals surface area contributed by atoms with Crippen LogP contribution in [0.3, 0.4) is 0 Å². The second kappa shape index (κ2) is 7.33. The molecule has 0 aliphatic carbocycles. The lowest BCUT2D eigenvalue weighted by Gasteiger charge is -2.32. The number of hydrogen-bond acceptors (Lipinski definition) is 2. The summed E-state index contributed by atoms with van der Waals surface area (Å²) in [5.74, 6) is -0.751. The number of piperidine rings is 1. The Bertz CT molecular complexity index is 752. The van der Waals surface area contributed by atoms with Crippen molar-refractivity contribution in [2.75, 3.05) is 13.1 Å². The Morgan fingerprint density at radius 1 is 1.32 bits per heavy atom. The van der Waals surface area contributed by atoms with Crippen molar-refractivity contribution in [1.82, 2.24) is 14.7 Å². The molecule has 25 heavy (non-hydrogen) atoms. The first-order chi connectivity index (χ1) is 12.0. The molecular weight excluding hydrogens is 324 g/mol. The molecule has 2 aromatic rings. The van der Waals surface area contributed by atoms with E-state index in [1.807, 2.05) is 11.8 Å². The van der Waals surface area contributed by atoms with Crippen LogP contribution in [-0.4, -0.2) is 33.7 Å². The minimum Gasteiger partial charge on any atom is -0.337 e. The normalized spacial score (nSPS) is 17.8. The second-order valence-corrected chi connectivity index (χ2v) is 6.79. The van der Waals surface area contributed by atoms with Gasteiger partial charge in [-0.15, -0.1) is 0 Å². The van der Waals surface area contributed by atoms with E-state index in [0.29, 0.717) is 31.6 Å². The molecule has 0 spiro atoms. The highest BCUT2D eigenvalue weighted by molar-refractivity contribution is 5.92. The fourth-order valence-electron chi connectivity index (χ4n) is 3.58. The van der Waals surface area contributed by atoms with Gasteiger partial charge in [-0.3, -0.25) is 9.48 Å². The van der Waals surface area contributed by atoms with Crippen LogP contribution < -0.4 is 0 Å². The van der Waals surface area contributed by atoms with Crippen LogP contribution in [0.25, 0.3) is 0 Å². The smallest absolute Gasteiger partial charge is 0.272 e. The lowest BCUT2D eigenvalue weighted by atomic mass is 9.91. The van der Waals surface area contributed by atoms with Crippen LogP contribution in [0.15, 0.2) is 24.3 Å². The first-order valence-corrected chi connectivity index (χ1v) is 8.68. The summed E-state index contributed by atoms with van der Waals surface area (Å²) in [7, 11) is 1.77. The van der Waals surface area contributed by atoms with Crippen molar-refractivity contribution < 1.29 is 13.6 Å². The van der Waals surface area contributed by atoms with E-state index in [1.54, 1.807) is 17.8 Å². The highest BCUT2D eigenvalue weighted by atomic mass is 19.1. The molecule has 1 saturated heterocycles. The standard InChI is InChI=1S/C19H23F2N3O/c1-13-11-18(23(2)22-13)19(25)24-10-4-5-14(12-24)8-9-15-16(20)6-3-7-17(15)21/h3,6-7,11,14H,4-5,8-10,12H2,1-2H3/t14-/m0/s1. The fourth-order valence-corrected chi connectivity index (χ4v) is 3.58. The molecule has 0 radical (unpaired) electrons. The summed E-state index contributed by atoms with van der Waals surface area (Å²) in [6.07, 6.45) is 2.92. The van der Waals surface area contributed by atoms with Crippen LogP contribution in [0.5, 0.6) is 0 Å².